The molecule has 2 aliphatic heterocycles. The summed E-state index contributed by atoms with van der Waals surface area (Å²) in [6.07, 6.45) is 3.33. The van der Waals surface area contributed by atoms with Gasteiger partial charge in [-0.2, -0.15) is 0 Å². The number of fused-ring (bicyclic) bond motifs is 2. The second-order valence-corrected chi connectivity index (χ2v) is 8.43. The Kier molecular flexibility index (Phi) is 4.72. The summed E-state index contributed by atoms with van der Waals surface area (Å²) >= 11 is 0. The summed E-state index contributed by atoms with van der Waals surface area (Å²) in [7, 11) is 0. The Morgan fingerprint density at radius 1 is 0.839 bits per heavy atom. The lowest BCUT2D eigenvalue weighted by molar-refractivity contribution is 0.171. The van der Waals surface area contributed by atoms with E-state index in [1.165, 1.54) is 23.2 Å². The van der Waals surface area contributed by atoms with Crippen molar-refractivity contribution >= 4 is 5.82 Å². The van der Waals surface area contributed by atoms with Crippen LogP contribution in [-0.2, 0) is 19.4 Å². The highest BCUT2D eigenvalue weighted by atomic mass is 16.7. The average Bonchev–Trinajstić information content (AvgIpc) is 3.50. The lowest BCUT2D eigenvalue weighted by atomic mass is 10.1. The first-order valence-corrected chi connectivity index (χ1v) is 11.2. The van der Waals surface area contributed by atoms with Crippen LogP contribution in [0.3, 0.4) is 0 Å². The molecule has 158 valence electrons. The van der Waals surface area contributed by atoms with Crippen molar-refractivity contribution in [1.29, 1.82) is 0 Å². The first-order chi connectivity index (χ1) is 15.3. The van der Waals surface area contributed by atoms with Crippen molar-refractivity contribution in [3.63, 3.8) is 0 Å². The van der Waals surface area contributed by atoms with Gasteiger partial charge in [-0.1, -0.05) is 42.5 Å². The molecule has 1 aliphatic carbocycles. The molecule has 0 saturated carbocycles. The van der Waals surface area contributed by atoms with E-state index in [0.717, 1.165) is 74.3 Å². The van der Waals surface area contributed by atoms with Gasteiger partial charge in [0.25, 0.3) is 0 Å². The topological polar surface area (TPSA) is 50.7 Å². The number of aromatic nitrogens is 2. The fraction of sp³-hybridized carbons (Fsp3) is 0.360. The predicted molar refractivity (Wildman–Crippen MR) is 120 cm³/mol. The second-order valence-electron chi connectivity index (χ2n) is 8.43. The number of benzene rings is 2. The van der Waals surface area contributed by atoms with Crippen LogP contribution in [-0.4, -0.2) is 47.8 Å². The first kappa shape index (κ1) is 18.6. The Morgan fingerprint density at radius 3 is 2.58 bits per heavy atom. The van der Waals surface area contributed by atoms with Gasteiger partial charge in [0.05, 0.1) is 0 Å². The molecule has 1 aromatic heterocycles. The van der Waals surface area contributed by atoms with Gasteiger partial charge in [0, 0.05) is 55.1 Å². The molecule has 0 radical (unpaired) electrons. The van der Waals surface area contributed by atoms with Crippen molar-refractivity contribution in [2.75, 3.05) is 37.9 Å². The number of piperazine rings is 1. The van der Waals surface area contributed by atoms with Gasteiger partial charge in [-0.3, -0.25) is 4.90 Å². The molecule has 0 amide bonds. The Hall–Kier alpha value is -3.12. The van der Waals surface area contributed by atoms with Crippen LogP contribution >= 0.6 is 0 Å². The van der Waals surface area contributed by atoms with E-state index in [2.05, 4.69) is 40.1 Å². The van der Waals surface area contributed by atoms with Crippen LogP contribution in [0.4, 0.5) is 5.82 Å². The van der Waals surface area contributed by atoms with E-state index in [9.17, 15) is 0 Å². The molecule has 3 aliphatic rings. The molecule has 6 rings (SSSR count). The van der Waals surface area contributed by atoms with E-state index in [4.69, 9.17) is 19.4 Å². The Bertz CT molecular complexity index is 1090. The van der Waals surface area contributed by atoms with Gasteiger partial charge in [-0.05, 0) is 25.3 Å². The van der Waals surface area contributed by atoms with Crippen LogP contribution in [0.15, 0.2) is 48.5 Å². The molecule has 1 fully saturated rings. The third-order valence-electron chi connectivity index (χ3n) is 6.49. The standard InChI is InChI=1S/C25H26N4O2/c1-2-6-18(7-3-1)24-26-21-10-5-9-20(21)25(27-24)29-14-12-28(13-15-29)16-19-8-4-11-22-23(19)31-17-30-22/h1-4,6-8,11H,5,9-10,12-17H2. The zero-order chi connectivity index (χ0) is 20.6. The highest BCUT2D eigenvalue weighted by Gasteiger charge is 2.27. The van der Waals surface area contributed by atoms with Crippen LogP contribution in [0.1, 0.15) is 23.2 Å². The highest BCUT2D eigenvalue weighted by Crippen LogP contribution is 2.36. The fourth-order valence-corrected chi connectivity index (χ4v) is 4.86. The molecule has 1 saturated heterocycles. The maximum atomic E-state index is 5.69. The van der Waals surface area contributed by atoms with E-state index < -0.39 is 0 Å². The highest BCUT2D eigenvalue weighted by molar-refractivity contribution is 5.61. The minimum absolute atomic E-state index is 0.322. The van der Waals surface area contributed by atoms with E-state index >= 15 is 0 Å². The fourth-order valence-electron chi connectivity index (χ4n) is 4.86. The molecular formula is C25H26N4O2. The number of anilines is 1. The molecule has 0 atom stereocenters. The number of ether oxygens (including phenoxy) is 2. The third-order valence-corrected chi connectivity index (χ3v) is 6.49. The van der Waals surface area contributed by atoms with E-state index in [-0.39, 0.29) is 0 Å². The molecule has 0 N–H and O–H groups in total. The van der Waals surface area contributed by atoms with Crippen LogP contribution in [0.25, 0.3) is 11.4 Å². The van der Waals surface area contributed by atoms with Gasteiger partial charge in [0.1, 0.15) is 5.82 Å². The van der Waals surface area contributed by atoms with Crippen molar-refractivity contribution in [1.82, 2.24) is 14.9 Å². The molecular weight excluding hydrogens is 388 g/mol. The minimum atomic E-state index is 0.322. The monoisotopic (exact) mass is 414 g/mol. The smallest absolute Gasteiger partial charge is 0.231 e. The number of hydrogen-bond acceptors (Lipinski definition) is 6. The molecule has 6 nitrogen and oxygen atoms in total. The largest absolute Gasteiger partial charge is 0.454 e. The lowest BCUT2D eigenvalue weighted by Gasteiger charge is -2.36. The number of nitrogens with zero attached hydrogens (tertiary/aromatic N) is 4. The maximum absolute atomic E-state index is 5.69. The van der Waals surface area contributed by atoms with Gasteiger partial charge >= 0.3 is 0 Å². The van der Waals surface area contributed by atoms with Crippen molar-refractivity contribution in [2.24, 2.45) is 0 Å². The van der Waals surface area contributed by atoms with Crippen LogP contribution in [0.5, 0.6) is 11.5 Å². The Labute approximate surface area is 182 Å². The third kappa shape index (κ3) is 3.51. The number of rotatable bonds is 4. The summed E-state index contributed by atoms with van der Waals surface area (Å²) in [5.74, 6) is 3.78. The van der Waals surface area contributed by atoms with Gasteiger partial charge in [0.2, 0.25) is 6.79 Å². The van der Waals surface area contributed by atoms with Crippen molar-refractivity contribution < 1.29 is 9.47 Å². The van der Waals surface area contributed by atoms with Crippen molar-refractivity contribution in [2.45, 2.75) is 25.8 Å². The molecule has 3 heterocycles. The average molecular weight is 415 g/mol. The molecule has 2 aromatic carbocycles. The SMILES string of the molecule is c1ccc(-c2nc3c(c(N4CCN(Cc5cccc6c5OCO6)CC4)n2)CCC3)cc1. The first-order valence-electron chi connectivity index (χ1n) is 11.2. The second kappa shape index (κ2) is 7.85. The summed E-state index contributed by atoms with van der Waals surface area (Å²) in [5, 5.41) is 0. The zero-order valence-electron chi connectivity index (χ0n) is 17.6. The summed E-state index contributed by atoms with van der Waals surface area (Å²) in [6.45, 7) is 5.17. The summed E-state index contributed by atoms with van der Waals surface area (Å²) < 4.78 is 11.2. The number of para-hydroxylation sites is 1. The Balaban J connectivity index is 1.21. The van der Waals surface area contributed by atoms with Gasteiger partial charge in [-0.25, -0.2) is 9.97 Å². The summed E-state index contributed by atoms with van der Waals surface area (Å²) in [5.41, 5.74) is 4.90. The number of aryl methyl sites for hydroxylation is 1. The lowest BCUT2D eigenvalue weighted by Crippen LogP contribution is -2.46. The van der Waals surface area contributed by atoms with Gasteiger partial charge in [0.15, 0.2) is 17.3 Å². The van der Waals surface area contributed by atoms with Gasteiger partial charge < -0.3 is 14.4 Å². The van der Waals surface area contributed by atoms with Gasteiger partial charge in [-0.15, -0.1) is 0 Å². The molecule has 0 spiro atoms. The number of hydrogen-bond donors (Lipinski definition) is 0. The quantitative estimate of drug-likeness (QED) is 0.649. The van der Waals surface area contributed by atoms with Crippen molar-refractivity contribution in [3.8, 4) is 22.9 Å². The minimum Gasteiger partial charge on any atom is -0.454 e. The molecule has 0 bridgehead atoms. The zero-order valence-corrected chi connectivity index (χ0v) is 17.6. The van der Waals surface area contributed by atoms with E-state index in [0.29, 0.717) is 6.79 Å². The predicted octanol–water partition coefficient (Wildman–Crippen LogP) is 3.68. The molecule has 0 unspecified atom stereocenters. The van der Waals surface area contributed by atoms with E-state index in [1.807, 2.05) is 18.2 Å². The van der Waals surface area contributed by atoms with Crippen molar-refractivity contribution in [3.05, 3.63) is 65.4 Å². The summed E-state index contributed by atoms with van der Waals surface area (Å²) in [6, 6.07) is 16.5. The molecule has 6 heteroatoms. The van der Waals surface area contributed by atoms with Crippen LogP contribution < -0.4 is 14.4 Å². The normalized spacial score (nSPS) is 17.7. The maximum Gasteiger partial charge on any atom is 0.231 e. The summed E-state index contributed by atoms with van der Waals surface area (Å²) in [4.78, 5) is 14.9. The molecule has 31 heavy (non-hydrogen) atoms. The Morgan fingerprint density at radius 2 is 1.71 bits per heavy atom. The van der Waals surface area contributed by atoms with Crippen LogP contribution in [0, 0.1) is 0 Å². The van der Waals surface area contributed by atoms with Crippen LogP contribution in [0.2, 0.25) is 0 Å². The van der Waals surface area contributed by atoms with E-state index in [1.54, 1.807) is 0 Å². The molecule has 3 aromatic rings.